The van der Waals surface area contributed by atoms with Crippen molar-refractivity contribution in [3.63, 3.8) is 0 Å². The van der Waals surface area contributed by atoms with Gasteiger partial charge < -0.3 is 10.2 Å². The summed E-state index contributed by atoms with van der Waals surface area (Å²) in [6.45, 7) is 0. The highest BCUT2D eigenvalue weighted by molar-refractivity contribution is 5.89. The van der Waals surface area contributed by atoms with E-state index in [0.717, 1.165) is 23.4 Å². The summed E-state index contributed by atoms with van der Waals surface area (Å²) in [5, 5.41) is 2.12. The molecule has 1 rings (SSSR count). The van der Waals surface area contributed by atoms with Crippen LogP contribution < -0.4 is 5.32 Å². The Kier molecular flexibility index (Phi) is 3.36. The molecule has 0 aliphatic carbocycles. The lowest BCUT2D eigenvalue weighted by Crippen LogP contribution is -2.28. The Morgan fingerprint density at radius 1 is 1.44 bits per heavy atom. The van der Waals surface area contributed by atoms with Crippen LogP contribution in [-0.4, -0.2) is 30.0 Å². The van der Waals surface area contributed by atoms with Gasteiger partial charge in [-0.1, -0.05) is 0 Å². The molecule has 0 aromatic carbocycles. The Morgan fingerprint density at radius 2 is 2.06 bits per heavy atom. The molecule has 0 bridgehead atoms. The second kappa shape index (κ2) is 4.38. The van der Waals surface area contributed by atoms with Crippen LogP contribution in [-0.2, 0) is 6.18 Å². The number of anilines is 1. The third kappa shape index (κ3) is 2.85. The average molecular weight is 233 g/mol. The summed E-state index contributed by atoms with van der Waals surface area (Å²) in [6.07, 6.45) is -2.53. The fraction of sp³-hybridized carbons (Fsp3) is 0.333. The van der Waals surface area contributed by atoms with E-state index in [4.69, 9.17) is 0 Å². The van der Waals surface area contributed by atoms with Gasteiger partial charge in [-0.2, -0.15) is 13.2 Å². The minimum atomic E-state index is -4.52. The van der Waals surface area contributed by atoms with Crippen molar-refractivity contribution in [2.75, 3.05) is 19.4 Å². The van der Waals surface area contributed by atoms with Crippen molar-refractivity contribution in [2.45, 2.75) is 6.18 Å². The Hall–Kier alpha value is -1.79. The highest BCUT2D eigenvalue weighted by Gasteiger charge is 2.33. The van der Waals surface area contributed by atoms with Crippen LogP contribution in [0.25, 0.3) is 0 Å². The molecule has 0 saturated heterocycles. The Morgan fingerprint density at radius 3 is 2.56 bits per heavy atom. The van der Waals surface area contributed by atoms with Gasteiger partial charge >= 0.3 is 12.2 Å². The van der Waals surface area contributed by atoms with Crippen LogP contribution in [0.4, 0.5) is 23.7 Å². The van der Waals surface area contributed by atoms with Crippen molar-refractivity contribution in [1.82, 2.24) is 9.88 Å². The normalized spacial score (nSPS) is 11.1. The Bertz CT molecular complexity index is 390. The van der Waals surface area contributed by atoms with Gasteiger partial charge in [-0.05, 0) is 6.07 Å². The predicted octanol–water partition coefficient (Wildman–Crippen LogP) is 2.19. The number of alkyl halides is 3. The van der Waals surface area contributed by atoms with Crippen LogP contribution in [0.5, 0.6) is 0 Å². The van der Waals surface area contributed by atoms with Crippen molar-refractivity contribution in [3.8, 4) is 0 Å². The molecule has 0 aliphatic heterocycles. The molecule has 0 radical (unpaired) electrons. The van der Waals surface area contributed by atoms with E-state index in [-0.39, 0.29) is 5.69 Å². The molecule has 0 unspecified atom stereocenters. The standard InChI is InChI=1S/C9H10F3N3O/c1-15(2)8(16)14-7-5-13-4-3-6(7)9(10,11)12/h3-5H,1-2H3,(H,14,16). The number of urea groups is 1. The lowest BCUT2D eigenvalue weighted by Gasteiger charge is -2.15. The van der Waals surface area contributed by atoms with Crippen molar-refractivity contribution in [1.29, 1.82) is 0 Å². The number of amides is 2. The van der Waals surface area contributed by atoms with Crippen molar-refractivity contribution in [3.05, 3.63) is 24.0 Å². The lowest BCUT2D eigenvalue weighted by atomic mass is 10.2. The molecule has 0 fully saturated rings. The Balaban J connectivity index is 3.01. The number of pyridine rings is 1. The smallest absolute Gasteiger partial charge is 0.331 e. The molecule has 7 heteroatoms. The van der Waals surface area contributed by atoms with Gasteiger partial charge in [-0.3, -0.25) is 4.98 Å². The van der Waals surface area contributed by atoms with Gasteiger partial charge in [-0.25, -0.2) is 4.79 Å². The molecule has 1 aromatic rings. The second-order valence-electron chi connectivity index (χ2n) is 3.24. The van der Waals surface area contributed by atoms with E-state index < -0.39 is 17.8 Å². The monoisotopic (exact) mass is 233 g/mol. The second-order valence-corrected chi connectivity index (χ2v) is 3.24. The van der Waals surface area contributed by atoms with Gasteiger partial charge in [0.2, 0.25) is 0 Å². The van der Waals surface area contributed by atoms with Crippen molar-refractivity contribution in [2.24, 2.45) is 0 Å². The summed E-state index contributed by atoms with van der Waals surface area (Å²) in [5.74, 6) is 0. The number of carbonyl (C=O) groups is 1. The van der Waals surface area contributed by atoms with Gasteiger partial charge in [0.25, 0.3) is 0 Å². The molecule has 16 heavy (non-hydrogen) atoms. The zero-order valence-corrected chi connectivity index (χ0v) is 8.67. The van der Waals surface area contributed by atoms with Crippen LogP contribution in [0.2, 0.25) is 0 Å². The fourth-order valence-electron chi connectivity index (χ4n) is 0.968. The summed E-state index contributed by atoms with van der Waals surface area (Å²) in [5.41, 5.74) is -1.27. The molecule has 0 saturated carbocycles. The third-order valence-electron chi connectivity index (χ3n) is 1.77. The molecule has 4 nitrogen and oxygen atoms in total. The molecule has 0 spiro atoms. The predicted molar refractivity (Wildman–Crippen MR) is 51.9 cm³/mol. The zero-order valence-electron chi connectivity index (χ0n) is 8.67. The minimum absolute atomic E-state index is 0.353. The number of hydrogen-bond acceptors (Lipinski definition) is 2. The van der Waals surface area contributed by atoms with E-state index in [0.29, 0.717) is 0 Å². The number of halogens is 3. The Labute approximate surface area is 90.1 Å². The third-order valence-corrected chi connectivity index (χ3v) is 1.77. The first kappa shape index (κ1) is 12.3. The molecule has 0 atom stereocenters. The molecule has 88 valence electrons. The molecule has 0 aliphatic rings. The maximum Gasteiger partial charge on any atom is 0.418 e. The number of hydrogen-bond donors (Lipinski definition) is 1. The minimum Gasteiger partial charge on any atom is -0.331 e. The summed E-state index contributed by atoms with van der Waals surface area (Å²) >= 11 is 0. The number of carbonyl (C=O) groups excluding carboxylic acids is 1. The highest BCUT2D eigenvalue weighted by Crippen LogP contribution is 2.33. The van der Waals surface area contributed by atoms with E-state index in [1.807, 2.05) is 0 Å². The van der Waals surface area contributed by atoms with Gasteiger partial charge in [-0.15, -0.1) is 0 Å². The highest BCUT2D eigenvalue weighted by atomic mass is 19.4. The van der Waals surface area contributed by atoms with Gasteiger partial charge in [0.1, 0.15) is 0 Å². The molecular weight excluding hydrogens is 223 g/mol. The first-order chi connectivity index (χ1) is 7.32. The van der Waals surface area contributed by atoms with Crippen LogP contribution in [0.1, 0.15) is 5.56 Å². The molecule has 1 N–H and O–H groups in total. The van der Waals surface area contributed by atoms with E-state index in [1.165, 1.54) is 14.1 Å². The molecular formula is C9H10F3N3O. The molecule has 2 amide bonds. The summed E-state index contributed by atoms with van der Waals surface area (Å²) < 4.78 is 37.5. The zero-order chi connectivity index (χ0) is 12.3. The molecule has 1 aromatic heterocycles. The van der Waals surface area contributed by atoms with Crippen LogP contribution in [0, 0.1) is 0 Å². The van der Waals surface area contributed by atoms with E-state index in [1.54, 1.807) is 0 Å². The first-order valence-corrected chi connectivity index (χ1v) is 4.32. The van der Waals surface area contributed by atoms with Crippen molar-refractivity contribution >= 4 is 11.7 Å². The average Bonchev–Trinajstić information content (AvgIpc) is 2.16. The molecule has 1 heterocycles. The lowest BCUT2D eigenvalue weighted by molar-refractivity contribution is -0.137. The first-order valence-electron chi connectivity index (χ1n) is 4.32. The number of nitrogens with one attached hydrogen (secondary N) is 1. The van der Waals surface area contributed by atoms with Crippen LogP contribution >= 0.6 is 0 Å². The van der Waals surface area contributed by atoms with Gasteiger partial charge in [0.05, 0.1) is 17.4 Å². The van der Waals surface area contributed by atoms with Crippen LogP contribution in [0.15, 0.2) is 18.5 Å². The summed E-state index contributed by atoms with van der Waals surface area (Å²) in [7, 11) is 2.86. The maximum atomic E-state index is 12.5. The quantitative estimate of drug-likeness (QED) is 0.808. The number of aromatic nitrogens is 1. The number of rotatable bonds is 1. The van der Waals surface area contributed by atoms with E-state index >= 15 is 0 Å². The summed E-state index contributed by atoms with van der Waals surface area (Å²) in [6, 6.07) is 0.171. The van der Waals surface area contributed by atoms with E-state index in [9.17, 15) is 18.0 Å². The van der Waals surface area contributed by atoms with Gasteiger partial charge in [0.15, 0.2) is 0 Å². The fourth-order valence-corrected chi connectivity index (χ4v) is 0.968. The largest absolute Gasteiger partial charge is 0.418 e. The summed E-state index contributed by atoms with van der Waals surface area (Å²) in [4.78, 5) is 15.9. The SMILES string of the molecule is CN(C)C(=O)Nc1cnccc1C(F)(F)F. The van der Waals surface area contributed by atoms with Crippen molar-refractivity contribution < 1.29 is 18.0 Å². The number of nitrogens with zero attached hydrogens (tertiary/aromatic N) is 2. The van der Waals surface area contributed by atoms with Crippen LogP contribution in [0.3, 0.4) is 0 Å². The van der Waals surface area contributed by atoms with Gasteiger partial charge in [0, 0.05) is 20.3 Å². The van der Waals surface area contributed by atoms with E-state index in [2.05, 4.69) is 10.3 Å². The topological polar surface area (TPSA) is 45.2 Å². The maximum absolute atomic E-state index is 12.5.